The second-order valence-electron chi connectivity index (χ2n) is 12.8. The van der Waals surface area contributed by atoms with E-state index in [4.69, 9.17) is 9.73 Å². The van der Waals surface area contributed by atoms with Gasteiger partial charge in [-0.1, -0.05) is 84.2 Å². The molecule has 8 atom stereocenters. The number of allylic oxidation sites excluding steroid dienone is 11. The van der Waals surface area contributed by atoms with E-state index >= 15 is 0 Å². The Labute approximate surface area is 264 Å². The van der Waals surface area contributed by atoms with Crippen LogP contribution in [0.2, 0.25) is 0 Å². The molecule has 4 aliphatic carbocycles. The van der Waals surface area contributed by atoms with Gasteiger partial charge < -0.3 is 9.64 Å². The van der Waals surface area contributed by atoms with E-state index in [0.29, 0.717) is 47.2 Å². The molecule has 42 heavy (non-hydrogen) atoms. The summed E-state index contributed by atoms with van der Waals surface area (Å²) in [5.41, 5.74) is 6.30. The highest BCUT2D eigenvalue weighted by molar-refractivity contribution is 14.1. The number of ether oxygens (including phenoxy) is 1. The van der Waals surface area contributed by atoms with Crippen molar-refractivity contribution in [2.75, 3.05) is 4.43 Å². The fraction of sp³-hybridized carbons (Fsp3) is 0.459. The molecule has 1 saturated heterocycles. The van der Waals surface area contributed by atoms with E-state index < -0.39 is 0 Å². The third-order valence-corrected chi connectivity index (χ3v) is 11.1. The number of nitrogens with zero attached hydrogens (tertiary/aromatic N) is 3. The lowest BCUT2D eigenvalue weighted by Gasteiger charge is -2.37. The monoisotopic (exact) mass is 669 g/mol. The van der Waals surface area contributed by atoms with Gasteiger partial charge >= 0.3 is 0 Å². The Morgan fingerprint density at radius 3 is 2.83 bits per heavy atom. The normalized spacial score (nSPS) is 36.8. The summed E-state index contributed by atoms with van der Waals surface area (Å²) in [6.45, 7) is 4.75. The minimum absolute atomic E-state index is 0.0904. The van der Waals surface area contributed by atoms with Crippen LogP contribution in [0.1, 0.15) is 52.4 Å². The van der Waals surface area contributed by atoms with Gasteiger partial charge in [0, 0.05) is 28.2 Å². The molecule has 3 heterocycles. The largest absolute Gasteiger partial charge is 0.461 e. The Balaban J connectivity index is 1.25. The summed E-state index contributed by atoms with van der Waals surface area (Å²) in [6, 6.07) is 3.11. The molecule has 1 fully saturated rings. The Morgan fingerprint density at radius 1 is 1.14 bits per heavy atom. The number of rotatable bonds is 5. The van der Waals surface area contributed by atoms with Crippen molar-refractivity contribution in [2.24, 2.45) is 34.6 Å². The molecule has 0 radical (unpaired) electrons. The minimum Gasteiger partial charge on any atom is -0.461 e. The second-order valence-corrected chi connectivity index (χ2v) is 13.7. The highest BCUT2D eigenvalue weighted by Gasteiger charge is 2.53. The summed E-state index contributed by atoms with van der Waals surface area (Å²) >= 11 is 2.45. The van der Waals surface area contributed by atoms with Crippen LogP contribution < -0.4 is 0 Å². The Bertz CT molecular complexity index is 1490. The summed E-state index contributed by atoms with van der Waals surface area (Å²) in [6.07, 6.45) is 34.0. The molecule has 0 amide bonds. The first-order valence-corrected chi connectivity index (χ1v) is 17.3. The number of halogens is 1. The third kappa shape index (κ3) is 4.84. The van der Waals surface area contributed by atoms with Crippen LogP contribution in [0.3, 0.4) is 0 Å². The number of alkyl halides is 1. The molecule has 8 unspecified atom stereocenters. The number of dihydropyridines is 1. The van der Waals surface area contributed by atoms with E-state index in [-0.39, 0.29) is 6.04 Å². The molecule has 0 bridgehead atoms. The van der Waals surface area contributed by atoms with Crippen molar-refractivity contribution < 1.29 is 4.74 Å². The van der Waals surface area contributed by atoms with Gasteiger partial charge in [-0.05, 0) is 92.1 Å². The standard InChI is InChI=1S/C37H40IN3O/c1-23-8-5-14-35-37(23)31-19-30-29-11-3-4-13-33(29)41(34(30)20-36(31)42-35)24(2)28(12-7-17-38)26-9-6-10-27(18-26)32-16-15-25(21-39)22-40-32/h4-7,10,12-15,18,20,22-23,26,29-34H,3,8-9,11,16-17,19H2,1-2H3/b12-7-,28-24-. The zero-order chi connectivity index (χ0) is 28.8. The van der Waals surface area contributed by atoms with E-state index in [1.807, 2.05) is 6.08 Å². The molecular formula is C37H40IN3O. The SMILES string of the molecule is C/C(=C(\C=C/CI)C1C=C(C2CC=C(C#N)C=N2)C=CC1)N1C2C=CCCC2C2CC3C(=CC21)OC1=C3C(C)CC=C1. The first kappa shape index (κ1) is 28.0. The number of likely N-dealkylation sites (tertiary alicyclic amines) is 1. The summed E-state index contributed by atoms with van der Waals surface area (Å²) in [5, 5.41) is 9.25. The van der Waals surface area contributed by atoms with Gasteiger partial charge in [-0.2, -0.15) is 5.26 Å². The van der Waals surface area contributed by atoms with Gasteiger partial charge in [0.25, 0.3) is 0 Å². The van der Waals surface area contributed by atoms with Gasteiger partial charge in [0.2, 0.25) is 0 Å². The average molecular weight is 670 g/mol. The maximum atomic E-state index is 9.25. The lowest BCUT2D eigenvalue weighted by atomic mass is 9.70. The van der Waals surface area contributed by atoms with Gasteiger partial charge in [0.1, 0.15) is 17.6 Å². The molecule has 4 nitrogen and oxygen atoms in total. The van der Waals surface area contributed by atoms with E-state index in [1.165, 1.54) is 41.9 Å². The van der Waals surface area contributed by atoms with Gasteiger partial charge in [-0.3, -0.25) is 4.99 Å². The van der Waals surface area contributed by atoms with Crippen molar-refractivity contribution in [1.29, 1.82) is 5.26 Å². The predicted molar refractivity (Wildman–Crippen MR) is 179 cm³/mol. The lowest BCUT2D eigenvalue weighted by molar-refractivity contribution is 0.227. The highest BCUT2D eigenvalue weighted by Crippen LogP contribution is 2.55. The van der Waals surface area contributed by atoms with Crippen LogP contribution in [-0.4, -0.2) is 33.7 Å². The van der Waals surface area contributed by atoms with E-state index in [9.17, 15) is 5.26 Å². The van der Waals surface area contributed by atoms with Crippen LogP contribution in [0, 0.1) is 40.9 Å². The smallest absolute Gasteiger partial charge is 0.126 e. The molecule has 3 aliphatic heterocycles. The first-order valence-electron chi connectivity index (χ1n) is 15.8. The summed E-state index contributed by atoms with van der Waals surface area (Å²) in [7, 11) is 0. The van der Waals surface area contributed by atoms with Crippen LogP contribution in [0.15, 0.2) is 111 Å². The molecule has 0 aromatic carbocycles. The molecule has 216 valence electrons. The quantitative estimate of drug-likeness (QED) is 0.128. The fourth-order valence-corrected chi connectivity index (χ4v) is 8.92. The van der Waals surface area contributed by atoms with Crippen LogP contribution in [0.4, 0.5) is 0 Å². The number of aliphatic imine (C=N–C) groups is 1. The maximum Gasteiger partial charge on any atom is 0.126 e. The van der Waals surface area contributed by atoms with Gasteiger partial charge in [0.15, 0.2) is 0 Å². The molecule has 7 rings (SSSR count). The van der Waals surface area contributed by atoms with Gasteiger partial charge in [0.05, 0.1) is 23.7 Å². The topological polar surface area (TPSA) is 48.6 Å². The molecule has 0 saturated carbocycles. The summed E-state index contributed by atoms with van der Waals surface area (Å²) in [4.78, 5) is 7.51. The fourth-order valence-electron chi connectivity index (χ4n) is 8.66. The molecule has 5 heteroatoms. The maximum absolute atomic E-state index is 9.25. The molecule has 0 aromatic rings. The lowest BCUT2D eigenvalue weighted by Crippen LogP contribution is -2.38. The first-order chi connectivity index (χ1) is 20.6. The summed E-state index contributed by atoms with van der Waals surface area (Å²) in [5.74, 6) is 4.97. The van der Waals surface area contributed by atoms with Gasteiger partial charge in [-0.15, -0.1) is 0 Å². The van der Waals surface area contributed by atoms with E-state index in [1.54, 1.807) is 11.8 Å². The Hall–Kier alpha value is -2.85. The zero-order valence-corrected chi connectivity index (χ0v) is 26.8. The van der Waals surface area contributed by atoms with Crippen molar-refractivity contribution in [1.82, 2.24) is 4.90 Å². The molecule has 0 N–H and O–H groups in total. The molecule has 0 aromatic heterocycles. The Morgan fingerprint density at radius 2 is 2.02 bits per heavy atom. The van der Waals surface area contributed by atoms with Crippen molar-refractivity contribution in [3.05, 3.63) is 106 Å². The van der Waals surface area contributed by atoms with E-state index in [2.05, 4.69) is 108 Å². The Kier molecular flexibility index (Phi) is 7.77. The van der Waals surface area contributed by atoms with Crippen LogP contribution in [-0.2, 0) is 4.74 Å². The zero-order valence-electron chi connectivity index (χ0n) is 24.6. The molecule has 7 aliphatic rings. The number of fused-ring (bicyclic) bond motifs is 5. The second kappa shape index (κ2) is 11.7. The van der Waals surface area contributed by atoms with Gasteiger partial charge in [-0.25, -0.2) is 0 Å². The van der Waals surface area contributed by atoms with Crippen molar-refractivity contribution in [2.45, 2.75) is 70.5 Å². The van der Waals surface area contributed by atoms with Crippen molar-refractivity contribution in [3.8, 4) is 6.07 Å². The molecule has 0 spiro atoms. The van der Waals surface area contributed by atoms with Crippen molar-refractivity contribution in [3.63, 3.8) is 0 Å². The number of nitriles is 1. The number of hydrogen-bond donors (Lipinski definition) is 0. The predicted octanol–water partition coefficient (Wildman–Crippen LogP) is 8.47. The van der Waals surface area contributed by atoms with Crippen molar-refractivity contribution >= 4 is 28.8 Å². The van der Waals surface area contributed by atoms with Crippen LogP contribution >= 0.6 is 22.6 Å². The van der Waals surface area contributed by atoms with Crippen LogP contribution in [0.25, 0.3) is 0 Å². The van der Waals surface area contributed by atoms with Crippen LogP contribution in [0.5, 0.6) is 0 Å². The highest BCUT2D eigenvalue weighted by atomic mass is 127. The minimum atomic E-state index is 0.0904. The average Bonchev–Trinajstić information content (AvgIpc) is 3.55. The van der Waals surface area contributed by atoms with E-state index in [0.717, 1.165) is 29.4 Å². The molecular weight excluding hydrogens is 629 g/mol. The third-order valence-electron chi connectivity index (χ3n) is 10.6. The summed E-state index contributed by atoms with van der Waals surface area (Å²) < 4.78 is 7.58. The number of hydrogen-bond acceptors (Lipinski definition) is 4.